The first-order chi connectivity index (χ1) is 10.1. The Hall–Kier alpha value is -0.650. The largest absolute Gasteiger partial charge is 0.468 e. The Bertz CT molecular complexity index is 326. The summed E-state index contributed by atoms with van der Waals surface area (Å²) in [6, 6.07) is 0.484. The van der Waals surface area contributed by atoms with Crippen molar-refractivity contribution in [3.63, 3.8) is 0 Å². The van der Waals surface area contributed by atoms with Gasteiger partial charge >= 0.3 is 5.97 Å². The maximum atomic E-state index is 12.0. The molecule has 1 N–H and O–H groups in total. The lowest BCUT2D eigenvalue weighted by Crippen LogP contribution is -2.51. The number of hydrogen-bond donors (Lipinski definition) is 1. The highest BCUT2D eigenvalue weighted by atomic mass is 16.5. The molecule has 0 aromatic heterocycles. The molecule has 2 rings (SSSR count). The Morgan fingerprint density at radius 1 is 1.29 bits per heavy atom. The summed E-state index contributed by atoms with van der Waals surface area (Å²) >= 11 is 0. The van der Waals surface area contributed by atoms with Gasteiger partial charge in [-0.15, -0.1) is 0 Å². The van der Waals surface area contributed by atoms with Crippen molar-refractivity contribution < 1.29 is 19.0 Å². The van der Waals surface area contributed by atoms with Crippen LogP contribution in [-0.4, -0.2) is 51.1 Å². The van der Waals surface area contributed by atoms with Crippen LogP contribution in [0.1, 0.15) is 45.4 Å². The van der Waals surface area contributed by atoms with Crippen LogP contribution in [0, 0.1) is 5.92 Å². The normalized spacial score (nSPS) is 22.8. The van der Waals surface area contributed by atoms with Crippen LogP contribution >= 0.6 is 0 Å². The van der Waals surface area contributed by atoms with Crippen LogP contribution in [0.2, 0.25) is 0 Å². The van der Waals surface area contributed by atoms with Crippen molar-refractivity contribution in [2.24, 2.45) is 5.92 Å². The van der Waals surface area contributed by atoms with Crippen LogP contribution in [0.5, 0.6) is 0 Å². The summed E-state index contributed by atoms with van der Waals surface area (Å²) in [6.07, 6.45) is 6.14. The fraction of sp³-hybridized carbons (Fsp3) is 0.938. The second-order valence-electron chi connectivity index (χ2n) is 6.48. The van der Waals surface area contributed by atoms with Gasteiger partial charge in [-0.25, -0.2) is 0 Å². The minimum atomic E-state index is -0.571. The summed E-state index contributed by atoms with van der Waals surface area (Å²) in [7, 11) is 1.46. The van der Waals surface area contributed by atoms with Crippen LogP contribution in [0.3, 0.4) is 0 Å². The van der Waals surface area contributed by atoms with Crippen LogP contribution in [0.15, 0.2) is 0 Å². The quantitative estimate of drug-likeness (QED) is 0.520. The molecule has 1 atom stereocenters. The molecule has 1 aliphatic heterocycles. The molecule has 0 amide bonds. The average Bonchev–Trinajstić information content (AvgIpc) is 3.31. The topological polar surface area (TPSA) is 56.8 Å². The third-order valence-electron chi connectivity index (χ3n) is 4.40. The molecule has 0 aromatic carbocycles. The van der Waals surface area contributed by atoms with E-state index >= 15 is 0 Å². The van der Waals surface area contributed by atoms with Crippen molar-refractivity contribution >= 4 is 5.97 Å². The van der Waals surface area contributed by atoms with E-state index in [-0.39, 0.29) is 5.97 Å². The molecule has 0 radical (unpaired) electrons. The molecule has 2 aliphatic rings. The molecular formula is C16H29NO4. The van der Waals surface area contributed by atoms with E-state index in [1.807, 2.05) is 6.92 Å². The number of hydrogen-bond acceptors (Lipinski definition) is 5. The highest BCUT2D eigenvalue weighted by Gasteiger charge is 2.38. The van der Waals surface area contributed by atoms with Gasteiger partial charge in [-0.3, -0.25) is 10.1 Å². The van der Waals surface area contributed by atoms with Crippen molar-refractivity contribution in [3.8, 4) is 0 Å². The Morgan fingerprint density at radius 2 is 2.00 bits per heavy atom. The number of carbonyl (C=O) groups excluding carboxylic acids is 1. The highest BCUT2D eigenvalue weighted by molar-refractivity contribution is 5.80. The number of nitrogens with one attached hydrogen (secondary N) is 1. The summed E-state index contributed by atoms with van der Waals surface area (Å²) in [5.41, 5.74) is -0.571. The monoisotopic (exact) mass is 299 g/mol. The average molecular weight is 299 g/mol. The number of ether oxygens (including phenoxy) is 3. The fourth-order valence-corrected chi connectivity index (χ4v) is 2.83. The van der Waals surface area contributed by atoms with E-state index in [1.54, 1.807) is 0 Å². The van der Waals surface area contributed by atoms with Gasteiger partial charge in [0.2, 0.25) is 0 Å². The predicted molar refractivity (Wildman–Crippen MR) is 80.2 cm³/mol. The zero-order valence-corrected chi connectivity index (χ0v) is 13.4. The molecule has 0 spiro atoms. The molecule has 21 heavy (non-hydrogen) atoms. The lowest BCUT2D eigenvalue weighted by atomic mass is 9.95. The van der Waals surface area contributed by atoms with Gasteiger partial charge in [-0.2, -0.15) is 0 Å². The van der Waals surface area contributed by atoms with Crippen LogP contribution in [0.25, 0.3) is 0 Å². The lowest BCUT2D eigenvalue weighted by Gasteiger charge is -2.28. The third kappa shape index (κ3) is 5.57. The Balaban J connectivity index is 1.63. The molecular weight excluding hydrogens is 270 g/mol. The summed E-state index contributed by atoms with van der Waals surface area (Å²) in [5, 5.41) is 3.41. The molecule has 1 saturated carbocycles. The van der Waals surface area contributed by atoms with Crippen molar-refractivity contribution in [1.29, 1.82) is 0 Å². The van der Waals surface area contributed by atoms with Crippen LogP contribution < -0.4 is 5.32 Å². The minimum Gasteiger partial charge on any atom is -0.468 e. The second kappa shape index (κ2) is 8.11. The van der Waals surface area contributed by atoms with E-state index in [0.717, 1.165) is 58.3 Å². The van der Waals surface area contributed by atoms with Crippen molar-refractivity contribution in [2.45, 2.75) is 57.0 Å². The zero-order valence-electron chi connectivity index (χ0n) is 13.4. The van der Waals surface area contributed by atoms with Gasteiger partial charge in [0.1, 0.15) is 5.54 Å². The molecule has 1 saturated heterocycles. The highest BCUT2D eigenvalue weighted by Crippen LogP contribution is 2.25. The molecule has 1 aliphatic carbocycles. The minimum absolute atomic E-state index is 0.168. The predicted octanol–water partition coefficient (Wildman–Crippen LogP) is 1.89. The van der Waals surface area contributed by atoms with Gasteiger partial charge in [0.25, 0.3) is 0 Å². The first kappa shape index (κ1) is 16.7. The first-order valence-electron chi connectivity index (χ1n) is 8.15. The SMILES string of the molecule is COC(=O)C(C)(CCCOCC1CCOCC1)NC1CC1. The Morgan fingerprint density at radius 3 is 2.62 bits per heavy atom. The smallest absolute Gasteiger partial charge is 0.325 e. The number of carbonyl (C=O) groups is 1. The van der Waals surface area contributed by atoms with E-state index in [1.165, 1.54) is 7.11 Å². The van der Waals surface area contributed by atoms with E-state index in [2.05, 4.69) is 5.32 Å². The molecule has 1 unspecified atom stereocenters. The molecule has 5 nitrogen and oxygen atoms in total. The van der Waals surface area contributed by atoms with Gasteiger partial charge in [0.05, 0.1) is 7.11 Å². The standard InChI is InChI=1S/C16H29NO4/c1-16(15(18)19-2,17-14-4-5-14)8-3-9-21-12-13-6-10-20-11-7-13/h13-14,17H,3-12H2,1-2H3. The molecule has 122 valence electrons. The van der Waals surface area contributed by atoms with Gasteiger partial charge in [-0.1, -0.05) is 0 Å². The molecule has 1 heterocycles. The van der Waals surface area contributed by atoms with E-state index < -0.39 is 5.54 Å². The number of rotatable bonds is 9. The molecule has 2 fully saturated rings. The Kier molecular flexibility index (Phi) is 6.45. The van der Waals surface area contributed by atoms with E-state index in [0.29, 0.717) is 18.6 Å². The zero-order chi connectivity index (χ0) is 15.1. The fourth-order valence-electron chi connectivity index (χ4n) is 2.83. The van der Waals surface area contributed by atoms with Crippen molar-refractivity contribution in [2.75, 3.05) is 33.5 Å². The Labute approximate surface area is 127 Å². The van der Waals surface area contributed by atoms with Crippen molar-refractivity contribution in [3.05, 3.63) is 0 Å². The lowest BCUT2D eigenvalue weighted by molar-refractivity contribution is -0.148. The summed E-state index contributed by atoms with van der Waals surface area (Å²) < 4.78 is 16.0. The van der Waals surface area contributed by atoms with Gasteiger partial charge in [0.15, 0.2) is 0 Å². The first-order valence-corrected chi connectivity index (χ1v) is 8.15. The van der Waals surface area contributed by atoms with Gasteiger partial charge < -0.3 is 14.2 Å². The summed E-state index contributed by atoms with van der Waals surface area (Å²) in [6.45, 7) is 5.18. The van der Waals surface area contributed by atoms with Gasteiger partial charge in [-0.05, 0) is 51.4 Å². The summed E-state index contributed by atoms with van der Waals surface area (Å²) in [4.78, 5) is 12.0. The summed E-state index contributed by atoms with van der Waals surface area (Å²) in [5.74, 6) is 0.467. The maximum absolute atomic E-state index is 12.0. The van der Waals surface area contributed by atoms with E-state index in [4.69, 9.17) is 14.2 Å². The second-order valence-corrected chi connectivity index (χ2v) is 6.48. The van der Waals surface area contributed by atoms with Gasteiger partial charge in [0, 0.05) is 32.5 Å². The molecule has 0 aromatic rings. The molecule has 0 bridgehead atoms. The molecule has 5 heteroatoms. The van der Waals surface area contributed by atoms with E-state index in [9.17, 15) is 4.79 Å². The van der Waals surface area contributed by atoms with Crippen LogP contribution in [-0.2, 0) is 19.0 Å². The number of methoxy groups -OCH3 is 1. The van der Waals surface area contributed by atoms with Crippen LogP contribution in [0.4, 0.5) is 0 Å². The van der Waals surface area contributed by atoms with Crippen molar-refractivity contribution in [1.82, 2.24) is 5.32 Å². The number of esters is 1. The third-order valence-corrected chi connectivity index (χ3v) is 4.40. The maximum Gasteiger partial charge on any atom is 0.325 e.